The summed E-state index contributed by atoms with van der Waals surface area (Å²) in [6, 6.07) is 4.55. The molecule has 19 heavy (non-hydrogen) atoms. The zero-order valence-corrected chi connectivity index (χ0v) is 11.6. The predicted octanol–water partition coefficient (Wildman–Crippen LogP) is 1.53. The zero-order valence-electron chi connectivity index (χ0n) is 10.0. The van der Waals surface area contributed by atoms with E-state index < -0.39 is 21.1 Å². The van der Waals surface area contributed by atoms with Gasteiger partial charge >= 0.3 is 5.97 Å². The van der Waals surface area contributed by atoms with E-state index >= 15 is 0 Å². The minimum Gasteiger partial charge on any atom is -0.481 e. The lowest BCUT2D eigenvalue weighted by atomic mass is 10.1. The number of rotatable bonds is 5. The van der Waals surface area contributed by atoms with Crippen molar-refractivity contribution in [2.75, 3.05) is 13.2 Å². The van der Waals surface area contributed by atoms with E-state index in [1.54, 1.807) is 6.07 Å². The lowest BCUT2D eigenvalue weighted by Crippen LogP contribution is -2.40. The second-order valence-electron chi connectivity index (χ2n) is 4.36. The van der Waals surface area contributed by atoms with E-state index in [1.807, 2.05) is 0 Å². The van der Waals surface area contributed by atoms with Gasteiger partial charge in [-0.25, -0.2) is 8.42 Å². The average Bonchev–Trinajstić information content (AvgIpc) is 2.22. The highest BCUT2D eigenvalue weighted by Gasteiger charge is 2.35. The fourth-order valence-corrected chi connectivity index (χ4v) is 3.78. The van der Waals surface area contributed by atoms with Gasteiger partial charge in [0.25, 0.3) is 0 Å². The quantitative estimate of drug-likeness (QED) is 0.892. The molecule has 0 aromatic heterocycles. The molecule has 1 heterocycles. The number of hydrogen-bond donors (Lipinski definition) is 1. The lowest BCUT2D eigenvalue weighted by molar-refractivity contribution is -0.136. The Morgan fingerprint density at radius 1 is 1.42 bits per heavy atom. The summed E-state index contributed by atoms with van der Waals surface area (Å²) in [6.07, 6.45) is 0.306. The highest BCUT2D eigenvalue weighted by molar-refractivity contribution is 7.92. The summed E-state index contributed by atoms with van der Waals surface area (Å²) in [4.78, 5) is 10.6. The fraction of sp³-hybridized carbons (Fsp3) is 0.417. The maximum absolute atomic E-state index is 12.2. The van der Waals surface area contributed by atoms with Gasteiger partial charge < -0.3 is 9.84 Å². The second kappa shape index (κ2) is 5.48. The first kappa shape index (κ1) is 14.3. The third-order valence-corrected chi connectivity index (χ3v) is 5.52. The van der Waals surface area contributed by atoms with Crippen LogP contribution in [0.25, 0.3) is 0 Å². The monoisotopic (exact) mass is 304 g/mol. The maximum Gasteiger partial charge on any atom is 0.303 e. The number of hydrogen-bond acceptors (Lipinski definition) is 4. The molecular formula is C12H13ClO5S. The standard InChI is InChI=1S/C12H13ClO5S/c13-10-5-8(2-4-12(14)15)1-3-11(10)19(16,17)9-6-18-7-9/h1,3,5,9H,2,4,6-7H2,(H,14,15). The number of ether oxygens (including phenoxy) is 1. The van der Waals surface area contributed by atoms with Crippen molar-refractivity contribution in [1.29, 1.82) is 0 Å². The SMILES string of the molecule is O=C(O)CCc1ccc(S(=O)(=O)C2COC2)c(Cl)c1. The summed E-state index contributed by atoms with van der Waals surface area (Å²) in [5.41, 5.74) is 0.705. The Balaban J connectivity index is 2.21. The van der Waals surface area contributed by atoms with E-state index in [9.17, 15) is 13.2 Å². The van der Waals surface area contributed by atoms with Crippen molar-refractivity contribution < 1.29 is 23.1 Å². The number of carbonyl (C=O) groups is 1. The van der Waals surface area contributed by atoms with E-state index in [0.717, 1.165) is 0 Å². The van der Waals surface area contributed by atoms with E-state index in [2.05, 4.69) is 0 Å². The van der Waals surface area contributed by atoms with Gasteiger partial charge in [0.2, 0.25) is 0 Å². The number of halogens is 1. The fourth-order valence-electron chi connectivity index (χ4n) is 1.75. The van der Waals surface area contributed by atoms with Crippen LogP contribution in [0.5, 0.6) is 0 Å². The van der Waals surface area contributed by atoms with Gasteiger partial charge in [-0.05, 0) is 24.1 Å². The molecule has 0 atom stereocenters. The molecule has 1 aromatic carbocycles. The Morgan fingerprint density at radius 3 is 2.58 bits per heavy atom. The smallest absolute Gasteiger partial charge is 0.303 e. The van der Waals surface area contributed by atoms with Gasteiger partial charge in [0.15, 0.2) is 9.84 Å². The third kappa shape index (κ3) is 3.08. The summed E-state index contributed by atoms with van der Waals surface area (Å²) >= 11 is 5.99. The highest BCUT2D eigenvalue weighted by Crippen LogP contribution is 2.29. The van der Waals surface area contributed by atoms with Gasteiger partial charge in [0, 0.05) is 6.42 Å². The van der Waals surface area contributed by atoms with Gasteiger partial charge in [-0.2, -0.15) is 0 Å². The molecule has 104 valence electrons. The summed E-state index contributed by atoms with van der Waals surface area (Å²) < 4.78 is 29.2. The minimum atomic E-state index is -3.45. The molecule has 0 unspecified atom stereocenters. The van der Waals surface area contributed by atoms with Gasteiger partial charge in [0.05, 0.1) is 23.1 Å². The van der Waals surface area contributed by atoms with E-state index in [1.165, 1.54) is 12.1 Å². The molecule has 1 aliphatic heterocycles. The molecule has 0 spiro atoms. The van der Waals surface area contributed by atoms with Crippen LogP contribution in [-0.2, 0) is 25.8 Å². The lowest BCUT2D eigenvalue weighted by Gasteiger charge is -2.26. The van der Waals surface area contributed by atoms with Crippen LogP contribution in [0.3, 0.4) is 0 Å². The first-order valence-corrected chi connectivity index (χ1v) is 7.65. The number of carboxylic acid groups (broad SMARTS) is 1. The third-order valence-electron chi connectivity index (χ3n) is 2.98. The first-order valence-electron chi connectivity index (χ1n) is 5.73. The van der Waals surface area contributed by atoms with Crippen molar-refractivity contribution in [2.24, 2.45) is 0 Å². The van der Waals surface area contributed by atoms with Crippen molar-refractivity contribution in [3.05, 3.63) is 28.8 Å². The molecule has 0 saturated carbocycles. The van der Waals surface area contributed by atoms with Crippen LogP contribution in [0, 0.1) is 0 Å². The van der Waals surface area contributed by atoms with Gasteiger partial charge in [-0.3, -0.25) is 4.79 Å². The van der Waals surface area contributed by atoms with Crippen LogP contribution >= 0.6 is 11.6 Å². The molecule has 0 bridgehead atoms. The molecule has 7 heteroatoms. The topological polar surface area (TPSA) is 80.7 Å². The Bertz CT molecular complexity index is 592. The normalized spacial score (nSPS) is 16.1. The van der Waals surface area contributed by atoms with Crippen LogP contribution in [0.1, 0.15) is 12.0 Å². The summed E-state index contributed by atoms with van der Waals surface area (Å²) in [5.74, 6) is -0.903. The zero-order chi connectivity index (χ0) is 14.0. The summed E-state index contributed by atoms with van der Waals surface area (Å²) in [6.45, 7) is 0.388. The van der Waals surface area contributed by atoms with Crippen LogP contribution < -0.4 is 0 Å². The van der Waals surface area contributed by atoms with Crippen molar-refractivity contribution in [2.45, 2.75) is 23.0 Å². The van der Waals surface area contributed by atoms with Crippen LogP contribution in [0.4, 0.5) is 0 Å². The van der Waals surface area contributed by atoms with Crippen molar-refractivity contribution >= 4 is 27.4 Å². The number of carboxylic acids is 1. The molecule has 0 radical (unpaired) electrons. The molecule has 1 fully saturated rings. The average molecular weight is 305 g/mol. The molecular weight excluding hydrogens is 292 g/mol. The molecule has 5 nitrogen and oxygen atoms in total. The van der Waals surface area contributed by atoms with Crippen LogP contribution in [0.15, 0.2) is 23.1 Å². The first-order chi connectivity index (χ1) is 8.91. The molecule has 1 aromatic rings. The van der Waals surface area contributed by atoms with E-state index in [0.29, 0.717) is 12.0 Å². The maximum atomic E-state index is 12.2. The van der Waals surface area contributed by atoms with Crippen molar-refractivity contribution in [3.8, 4) is 0 Å². The van der Waals surface area contributed by atoms with Crippen LogP contribution in [0.2, 0.25) is 5.02 Å². The Kier molecular flexibility index (Phi) is 4.13. The summed E-state index contributed by atoms with van der Waals surface area (Å²) in [7, 11) is -3.45. The molecule has 2 rings (SSSR count). The van der Waals surface area contributed by atoms with Crippen molar-refractivity contribution in [1.82, 2.24) is 0 Å². The number of sulfone groups is 1. The highest BCUT2D eigenvalue weighted by atomic mass is 35.5. The largest absolute Gasteiger partial charge is 0.481 e. The van der Waals surface area contributed by atoms with E-state index in [-0.39, 0.29) is 29.6 Å². The van der Waals surface area contributed by atoms with Gasteiger partial charge in [-0.1, -0.05) is 17.7 Å². The Labute approximate surface area is 116 Å². The second-order valence-corrected chi connectivity index (χ2v) is 6.97. The number of benzene rings is 1. The Hall–Kier alpha value is -1.11. The van der Waals surface area contributed by atoms with E-state index in [4.69, 9.17) is 21.4 Å². The van der Waals surface area contributed by atoms with Gasteiger partial charge in [-0.15, -0.1) is 0 Å². The molecule has 1 N–H and O–H groups in total. The molecule has 0 amide bonds. The predicted molar refractivity (Wildman–Crippen MR) is 69.2 cm³/mol. The summed E-state index contributed by atoms with van der Waals surface area (Å²) in [5, 5.41) is 8.20. The molecule has 1 saturated heterocycles. The van der Waals surface area contributed by atoms with Crippen LogP contribution in [-0.4, -0.2) is 38.0 Å². The van der Waals surface area contributed by atoms with Crippen molar-refractivity contribution in [3.63, 3.8) is 0 Å². The minimum absolute atomic E-state index is 0.0150. The van der Waals surface area contributed by atoms with Gasteiger partial charge in [0.1, 0.15) is 5.25 Å². The number of aryl methyl sites for hydroxylation is 1. The molecule has 1 aliphatic rings. The number of aliphatic carboxylic acids is 1. The molecule has 0 aliphatic carbocycles. The Morgan fingerprint density at radius 2 is 2.11 bits per heavy atom.